The molecule has 0 spiro atoms. The molecule has 27 heavy (non-hydrogen) atoms. The van der Waals surface area contributed by atoms with Gasteiger partial charge in [-0.15, -0.1) is 0 Å². The third kappa shape index (κ3) is 4.31. The zero-order valence-corrected chi connectivity index (χ0v) is 15.9. The van der Waals surface area contributed by atoms with Gasteiger partial charge >= 0.3 is 0 Å². The van der Waals surface area contributed by atoms with Crippen molar-refractivity contribution >= 4 is 22.9 Å². The van der Waals surface area contributed by atoms with Gasteiger partial charge in [-0.25, -0.2) is 9.97 Å². The van der Waals surface area contributed by atoms with E-state index in [-0.39, 0.29) is 17.4 Å². The number of nitrogens with zero attached hydrogens (tertiary/aromatic N) is 3. The summed E-state index contributed by atoms with van der Waals surface area (Å²) in [6, 6.07) is 11.0. The Balaban J connectivity index is 1.94. The lowest BCUT2D eigenvalue weighted by Gasteiger charge is -2.20. The van der Waals surface area contributed by atoms with E-state index in [2.05, 4.69) is 20.3 Å². The van der Waals surface area contributed by atoms with E-state index in [0.29, 0.717) is 29.1 Å². The highest BCUT2D eigenvalue weighted by Gasteiger charge is 2.15. The molecule has 3 aromatic rings. The molecular formula is C20H23N5O2. The lowest BCUT2D eigenvalue weighted by Crippen LogP contribution is -2.40. The average Bonchev–Trinajstić information content (AvgIpc) is 2.60. The van der Waals surface area contributed by atoms with Gasteiger partial charge in [0, 0.05) is 16.7 Å². The Morgan fingerprint density at radius 1 is 1.07 bits per heavy atom. The molecule has 0 radical (unpaired) electrons. The van der Waals surface area contributed by atoms with Crippen LogP contribution >= 0.6 is 0 Å². The molecule has 0 aliphatic heterocycles. The predicted molar refractivity (Wildman–Crippen MR) is 106 cm³/mol. The van der Waals surface area contributed by atoms with Crippen LogP contribution in [0.1, 0.15) is 38.1 Å². The molecule has 0 fully saturated rings. The van der Waals surface area contributed by atoms with Crippen LogP contribution in [-0.2, 0) is 0 Å². The van der Waals surface area contributed by atoms with E-state index < -0.39 is 0 Å². The fourth-order valence-electron chi connectivity index (χ4n) is 2.61. The van der Waals surface area contributed by atoms with Gasteiger partial charge in [0.05, 0.1) is 17.8 Å². The summed E-state index contributed by atoms with van der Waals surface area (Å²) in [5, 5.41) is 2.95. The van der Waals surface area contributed by atoms with E-state index in [0.717, 1.165) is 11.3 Å². The molecule has 0 aliphatic carbocycles. The largest absolute Gasteiger partial charge is 0.476 e. The van der Waals surface area contributed by atoms with Crippen LogP contribution in [0.15, 0.2) is 36.4 Å². The molecule has 0 saturated carbocycles. The third-order valence-corrected chi connectivity index (χ3v) is 3.74. The molecule has 0 saturated heterocycles. The molecule has 0 atom stereocenters. The number of benzene rings is 1. The molecule has 140 valence electrons. The number of rotatable bonds is 4. The highest BCUT2D eigenvalue weighted by molar-refractivity contribution is 5.95. The van der Waals surface area contributed by atoms with Crippen LogP contribution in [0.5, 0.6) is 5.88 Å². The predicted octanol–water partition coefficient (Wildman–Crippen LogP) is 3.20. The van der Waals surface area contributed by atoms with Crippen LogP contribution < -0.4 is 15.8 Å². The van der Waals surface area contributed by atoms with Gasteiger partial charge < -0.3 is 15.8 Å². The van der Waals surface area contributed by atoms with Crippen LogP contribution in [0.2, 0.25) is 0 Å². The molecule has 7 nitrogen and oxygen atoms in total. The van der Waals surface area contributed by atoms with Crippen molar-refractivity contribution in [2.24, 2.45) is 0 Å². The van der Waals surface area contributed by atoms with Gasteiger partial charge in [0.1, 0.15) is 0 Å². The van der Waals surface area contributed by atoms with Crippen LogP contribution in [0.4, 0.5) is 5.95 Å². The summed E-state index contributed by atoms with van der Waals surface area (Å²) in [6.07, 6.45) is 0. The summed E-state index contributed by atoms with van der Waals surface area (Å²) in [6.45, 7) is 8.17. The minimum absolute atomic E-state index is 0.108. The number of ether oxygens (including phenoxy) is 1. The van der Waals surface area contributed by atoms with Crippen molar-refractivity contribution in [3.63, 3.8) is 0 Å². The zero-order chi connectivity index (χ0) is 19.6. The van der Waals surface area contributed by atoms with E-state index in [1.165, 1.54) is 0 Å². The van der Waals surface area contributed by atoms with Crippen molar-refractivity contribution in [2.75, 3.05) is 12.3 Å². The number of nitrogens with two attached hydrogens (primary N) is 1. The standard InChI is InChI=1S/C20H23N5O2/c1-5-27-18-16-15(23-19(21)24-18)11-10-14(22-16)12-6-8-13(9-7-12)17(26)25-20(2,3)4/h6-11H,5H2,1-4H3,(H,25,26)(H2,21,23,24). The summed E-state index contributed by atoms with van der Waals surface area (Å²) >= 11 is 0. The van der Waals surface area contributed by atoms with E-state index in [9.17, 15) is 4.79 Å². The van der Waals surface area contributed by atoms with Crippen molar-refractivity contribution in [3.05, 3.63) is 42.0 Å². The molecule has 7 heteroatoms. The van der Waals surface area contributed by atoms with Gasteiger partial charge in [-0.05, 0) is 52.0 Å². The summed E-state index contributed by atoms with van der Waals surface area (Å²) in [5.74, 6) is 0.403. The van der Waals surface area contributed by atoms with Crippen molar-refractivity contribution in [1.82, 2.24) is 20.3 Å². The second kappa shape index (κ2) is 7.19. The molecule has 2 heterocycles. The zero-order valence-electron chi connectivity index (χ0n) is 15.9. The molecule has 0 aliphatic rings. The van der Waals surface area contributed by atoms with Gasteiger partial charge in [-0.2, -0.15) is 4.98 Å². The lowest BCUT2D eigenvalue weighted by molar-refractivity contribution is 0.0919. The van der Waals surface area contributed by atoms with Crippen LogP contribution in [0.25, 0.3) is 22.3 Å². The average molecular weight is 365 g/mol. The normalized spacial score (nSPS) is 11.4. The van der Waals surface area contributed by atoms with Crippen molar-refractivity contribution < 1.29 is 9.53 Å². The number of anilines is 1. The maximum absolute atomic E-state index is 12.3. The molecule has 1 aromatic carbocycles. The van der Waals surface area contributed by atoms with Gasteiger partial charge in [-0.1, -0.05) is 12.1 Å². The molecule has 0 bridgehead atoms. The van der Waals surface area contributed by atoms with Gasteiger partial charge in [0.2, 0.25) is 11.8 Å². The Morgan fingerprint density at radius 2 is 1.78 bits per heavy atom. The fraction of sp³-hybridized carbons (Fsp3) is 0.300. The van der Waals surface area contributed by atoms with Gasteiger partial charge in [-0.3, -0.25) is 4.79 Å². The van der Waals surface area contributed by atoms with E-state index in [1.807, 2.05) is 52.0 Å². The number of carbonyl (C=O) groups excluding carboxylic acids is 1. The second-order valence-corrected chi connectivity index (χ2v) is 7.17. The minimum Gasteiger partial charge on any atom is -0.476 e. The topological polar surface area (TPSA) is 103 Å². The number of aromatic nitrogens is 3. The number of pyridine rings is 1. The Kier molecular flexibility index (Phi) is 4.94. The number of fused-ring (bicyclic) bond motifs is 1. The van der Waals surface area contributed by atoms with Crippen LogP contribution in [-0.4, -0.2) is 33.0 Å². The first-order chi connectivity index (χ1) is 12.8. The smallest absolute Gasteiger partial charge is 0.251 e. The highest BCUT2D eigenvalue weighted by atomic mass is 16.5. The Hall–Kier alpha value is -3.22. The van der Waals surface area contributed by atoms with Gasteiger partial charge in [0.15, 0.2) is 5.52 Å². The van der Waals surface area contributed by atoms with Crippen molar-refractivity contribution in [2.45, 2.75) is 33.2 Å². The third-order valence-electron chi connectivity index (χ3n) is 3.74. The number of carbonyl (C=O) groups is 1. The highest BCUT2D eigenvalue weighted by Crippen LogP contribution is 2.26. The van der Waals surface area contributed by atoms with E-state index in [4.69, 9.17) is 10.5 Å². The number of amides is 1. The first-order valence-corrected chi connectivity index (χ1v) is 8.77. The molecular weight excluding hydrogens is 342 g/mol. The van der Waals surface area contributed by atoms with Crippen molar-refractivity contribution in [1.29, 1.82) is 0 Å². The molecule has 2 aromatic heterocycles. The molecule has 0 unspecified atom stereocenters. The Labute approximate surface area is 158 Å². The summed E-state index contributed by atoms with van der Waals surface area (Å²) in [5.41, 5.74) is 8.83. The number of nitrogen functional groups attached to an aromatic ring is 1. The summed E-state index contributed by atoms with van der Waals surface area (Å²) < 4.78 is 5.54. The van der Waals surface area contributed by atoms with Gasteiger partial charge in [0.25, 0.3) is 5.91 Å². The lowest BCUT2D eigenvalue weighted by atomic mass is 10.1. The first-order valence-electron chi connectivity index (χ1n) is 8.77. The second-order valence-electron chi connectivity index (χ2n) is 7.17. The number of hydrogen-bond acceptors (Lipinski definition) is 6. The van der Waals surface area contributed by atoms with Crippen LogP contribution in [0.3, 0.4) is 0 Å². The molecule has 1 amide bonds. The SMILES string of the molecule is CCOc1nc(N)nc2ccc(-c3ccc(C(=O)NC(C)(C)C)cc3)nc12. The van der Waals surface area contributed by atoms with E-state index in [1.54, 1.807) is 12.1 Å². The monoisotopic (exact) mass is 365 g/mol. The summed E-state index contributed by atoms with van der Waals surface area (Å²) in [4.78, 5) is 25.2. The first kappa shape index (κ1) is 18.6. The Bertz CT molecular complexity index is 978. The minimum atomic E-state index is -0.285. The van der Waals surface area contributed by atoms with Crippen molar-refractivity contribution in [3.8, 4) is 17.1 Å². The number of nitrogens with one attached hydrogen (secondary N) is 1. The Morgan fingerprint density at radius 3 is 2.41 bits per heavy atom. The number of hydrogen-bond donors (Lipinski definition) is 2. The molecule has 3 N–H and O–H groups in total. The maximum atomic E-state index is 12.3. The quantitative estimate of drug-likeness (QED) is 0.736. The van der Waals surface area contributed by atoms with Crippen LogP contribution in [0, 0.1) is 0 Å². The maximum Gasteiger partial charge on any atom is 0.251 e. The molecule has 3 rings (SSSR count). The van der Waals surface area contributed by atoms with E-state index >= 15 is 0 Å². The fourth-order valence-corrected chi connectivity index (χ4v) is 2.61. The summed E-state index contributed by atoms with van der Waals surface area (Å²) in [7, 11) is 0.